The second-order valence-corrected chi connectivity index (χ2v) is 4.24. The highest BCUT2D eigenvalue weighted by molar-refractivity contribution is 5.91. The summed E-state index contributed by atoms with van der Waals surface area (Å²) in [5.74, 6) is -2.56. The molecule has 2 N–H and O–H groups in total. The molecule has 0 saturated carbocycles. The molecule has 6 heteroatoms. The fourth-order valence-electron chi connectivity index (χ4n) is 1.37. The number of hydrogen-bond donors (Lipinski definition) is 2. The van der Waals surface area contributed by atoms with Crippen molar-refractivity contribution in [3.8, 4) is 0 Å². The third kappa shape index (κ3) is 8.52. The van der Waals surface area contributed by atoms with Gasteiger partial charge in [0.15, 0.2) is 6.04 Å². The number of hydrogen-bond acceptors (Lipinski definition) is 4. The first-order valence-electron chi connectivity index (χ1n) is 6.75. The lowest BCUT2D eigenvalue weighted by molar-refractivity contribution is -0.152. The minimum atomic E-state index is -1.33. The highest BCUT2D eigenvalue weighted by Crippen LogP contribution is 2.02. The van der Waals surface area contributed by atoms with Gasteiger partial charge in [0.2, 0.25) is 5.91 Å². The summed E-state index contributed by atoms with van der Waals surface area (Å²) in [6.45, 7) is 4.97. The maximum atomic E-state index is 11.6. The van der Waals surface area contributed by atoms with Gasteiger partial charge in [0.1, 0.15) is 6.10 Å². The van der Waals surface area contributed by atoms with Gasteiger partial charge in [-0.1, -0.05) is 36.5 Å². The van der Waals surface area contributed by atoms with Gasteiger partial charge in [-0.05, 0) is 20.8 Å². The number of carboxylic acids is 1. The zero-order valence-corrected chi connectivity index (χ0v) is 12.9. The summed E-state index contributed by atoms with van der Waals surface area (Å²) in [6, 6.07) is -1.33. The Balaban J connectivity index is 4.70. The highest BCUT2D eigenvalue weighted by Gasteiger charge is 2.28. The quantitative estimate of drug-likeness (QED) is 0.405. The van der Waals surface area contributed by atoms with Gasteiger partial charge in [-0.3, -0.25) is 4.79 Å². The topological polar surface area (TPSA) is 92.7 Å². The number of carboxylic acid groups (broad SMARTS) is 1. The Morgan fingerprint density at radius 2 is 1.55 bits per heavy atom. The van der Waals surface area contributed by atoms with Crippen molar-refractivity contribution >= 4 is 17.8 Å². The molecular formula is C16H21NO5. The normalized spacial score (nSPS) is 14.7. The molecule has 0 aliphatic carbocycles. The molecule has 0 aromatic carbocycles. The monoisotopic (exact) mass is 307 g/mol. The Morgan fingerprint density at radius 3 is 2.05 bits per heavy atom. The lowest BCUT2D eigenvalue weighted by atomic mass is 10.2. The Morgan fingerprint density at radius 1 is 1.00 bits per heavy atom. The summed E-state index contributed by atoms with van der Waals surface area (Å²) in [7, 11) is 0. The van der Waals surface area contributed by atoms with Crippen LogP contribution in [0.2, 0.25) is 0 Å². The maximum Gasteiger partial charge on any atom is 0.331 e. The van der Waals surface area contributed by atoms with E-state index in [9.17, 15) is 14.4 Å². The van der Waals surface area contributed by atoms with Crippen LogP contribution in [0.4, 0.5) is 0 Å². The zero-order chi connectivity index (χ0) is 17.0. The van der Waals surface area contributed by atoms with E-state index in [1.807, 2.05) is 0 Å². The summed E-state index contributed by atoms with van der Waals surface area (Å²) in [6.07, 6.45) is 11.0. The van der Waals surface area contributed by atoms with E-state index in [0.29, 0.717) is 0 Å². The van der Waals surface area contributed by atoms with Gasteiger partial charge in [0.25, 0.3) is 0 Å². The number of allylic oxidation sites excluding steroid dienone is 6. The van der Waals surface area contributed by atoms with Crippen LogP contribution in [0.5, 0.6) is 0 Å². The van der Waals surface area contributed by atoms with Crippen molar-refractivity contribution in [1.82, 2.24) is 5.32 Å². The summed E-state index contributed by atoms with van der Waals surface area (Å²) in [5.41, 5.74) is 0. The van der Waals surface area contributed by atoms with E-state index < -0.39 is 30.0 Å². The molecule has 120 valence electrons. The summed E-state index contributed by atoms with van der Waals surface area (Å²) >= 11 is 0. The maximum absolute atomic E-state index is 11.6. The molecule has 1 amide bonds. The number of ether oxygens (including phenoxy) is 1. The van der Waals surface area contributed by atoms with Crippen molar-refractivity contribution in [3.63, 3.8) is 0 Å². The first-order chi connectivity index (χ1) is 10.4. The number of esters is 1. The second-order valence-electron chi connectivity index (χ2n) is 4.24. The van der Waals surface area contributed by atoms with Crippen LogP contribution in [-0.2, 0) is 19.1 Å². The SMILES string of the molecule is C/C=C/C=C\C(=O)N[C@H](C(=O)O)[C@@H](C)OC(=O)/C=C/C=C/C. The van der Waals surface area contributed by atoms with Crippen molar-refractivity contribution in [2.75, 3.05) is 0 Å². The third-order valence-electron chi connectivity index (χ3n) is 2.42. The Hall–Kier alpha value is -2.63. The molecule has 0 aliphatic heterocycles. The highest BCUT2D eigenvalue weighted by atomic mass is 16.5. The zero-order valence-electron chi connectivity index (χ0n) is 12.9. The van der Waals surface area contributed by atoms with E-state index in [0.717, 1.165) is 0 Å². The van der Waals surface area contributed by atoms with E-state index in [2.05, 4.69) is 5.32 Å². The molecule has 0 aliphatic rings. The third-order valence-corrected chi connectivity index (χ3v) is 2.42. The van der Waals surface area contributed by atoms with Gasteiger partial charge in [-0.25, -0.2) is 9.59 Å². The molecule has 2 atom stereocenters. The van der Waals surface area contributed by atoms with Crippen LogP contribution in [0, 0.1) is 0 Å². The molecule has 0 unspecified atom stereocenters. The predicted molar refractivity (Wildman–Crippen MR) is 83.0 cm³/mol. The van der Waals surface area contributed by atoms with Gasteiger partial charge in [0, 0.05) is 12.2 Å². The molecule has 0 heterocycles. The van der Waals surface area contributed by atoms with E-state index in [-0.39, 0.29) is 0 Å². The van der Waals surface area contributed by atoms with Crippen molar-refractivity contribution < 1.29 is 24.2 Å². The summed E-state index contributed by atoms with van der Waals surface area (Å²) in [5, 5.41) is 11.4. The van der Waals surface area contributed by atoms with Crippen molar-refractivity contribution in [1.29, 1.82) is 0 Å². The Kier molecular flexibility index (Phi) is 9.75. The predicted octanol–water partition coefficient (Wildman–Crippen LogP) is 1.75. The average molecular weight is 307 g/mol. The van der Waals surface area contributed by atoms with Crippen LogP contribution in [0.1, 0.15) is 20.8 Å². The minimum absolute atomic E-state index is 0.585. The first kappa shape index (κ1) is 19.4. The van der Waals surface area contributed by atoms with Crippen LogP contribution >= 0.6 is 0 Å². The largest absolute Gasteiger partial charge is 0.480 e. The number of amides is 1. The number of rotatable bonds is 8. The molecule has 0 bridgehead atoms. The number of aliphatic carboxylic acids is 1. The fraction of sp³-hybridized carbons (Fsp3) is 0.312. The van der Waals surface area contributed by atoms with Crippen LogP contribution in [-0.4, -0.2) is 35.1 Å². The molecule has 0 fully saturated rings. The van der Waals surface area contributed by atoms with Crippen LogP contribution in [0.3, 0.4) is 0 Å². The number of nitrogens with one attached hydrogen (secondary N) is 1. The van der Waals surface area contributed by atoms with E-state index in [4.69, 9.17) is 9.84 Å². The standard InChI is InChI=1S/C16H21NO5/c1-4-6-8-10-13(18)17-15(16(20)21)12(3)22-14(19)11-9-7-5-2/h4-12,15H,1-3H3,(H,17,18)(H,20,21)/b6-4+,7-5+,10-8-,11-9+/t12-,15+/m1/s1. The number of carbonyl (C=O) groups is 3. The summed E-state index contributed by atoms with van der Waals surface area (Å²) in [4.78, 5) is 34.2. The average Bonchev–Trinajstić information content (AvgIpc) is 2.44. The molecule has 0 spiro atoms. The van der Waals surface area contributed by atoms with E-state index in [1.165, 1.54) is 31.2 Å². The lowest BCUT2D eigenvalue weighted by Gasteiger charge is -2.20. The Bertz CT molecular complexity index is 503. The van der Waals surface area contributed by atoms with Crippen molar-refractivity contribution in [3.05, 3.63) is 48.6 Å². The van der Waals surface area contributed by atoms with Gasteiger partial charge in [-0.2, -0.15) is 0 Å². The molecule has 0 aromatic rings. The summed E-state index contributed by atoms with van der Waals surface area (Å²) < 4.78 is 4.95. The van der Waals surface area contributed by atoms with Gasteiger partial charge in [-0.15, -0.1) is 0 Å². The molecule has 22 heavy (non-hydrogen) atoms. The van der Waals surface area contributed by atoms with Crippen molar-refractivity contribution in [2.45, 2.75) is 32.9 Å². The molecule has 0 radical (unpaired) electrons. The van der Waals surface area contributed by atoms with E-state index >= 15 is 0 Å². The second kappa shape index (κ2) is 11.1. The van der Waals surface area contributed by atoms with Crippen LogP contribution < -0.4 is 5.32 Å². The molecule has 6 nitrogen and oxygen atoms in total. The fourth-order valence-corrected chi connectivity index (χ4v) is 1.37. The van der Waals surface area contributed by atoms with E-state index in [1.54, 1.807) is 38.2 Å². The van der Waals surface area contributed by atoms with Gasteiger partial charge in [0.05, 0.1) is 0 Å². The first-order valence-corrected chi connectivity index (χ1v) is 6.75. The molecule has 0 rings (SSSR count). The van der Waals surface area contributed by atoms with Gasteiger partial charge < -0.3 is 15.2 Å². The van der Waals surface area contributed by atoms with Crippen LogP contribution in [0.25, 0.3) is 0 Å². The minimum Gasteiger partial charge on any atom is -0.480 e. The molecule has 0 aromatic heterocycles. The smallest absolute Gasteiger partial charge is 0.331 e. The Labute approximate surface area is 129 Å². The molecule has 0 saturated heterocycles. The number of carbonyl (C=O) groups excluding carboxylic acids is 2. The van der Waals surface area contributed by atoms with Crippen molar-refractivity contribution in [2.24, 2.45) is 0 Å². The van der Waals surface area contributed by atoms with Gasteiger partial charge >= 0.3 is 11.9 Å². The molecular weight excluding hydrogens is 286 g/mol. The van der Waals surface area contributed by atoms with Crippen LogP contribution in [0.15, 0.2) is 48.6 Å². The lowest BCUT2D eigenvalue weighted by Crippen LogP contribution is -2.48.